The van der Waals surface area contributed by atoms with Gasteiger partial charge >= 0.3 is 0 Å². The molecule has 1 aliphatic heterocycles. The minimum atomic E-state index is 0.242. The Morgan fingerprint density at radius 1 is 1.32 bits per heavy atom. The van der Waals surface area contributed by atoms with Gasteiger partial charge in [0.05, 0.1) is 6.10 Å². The molecular formula is C16H26N2O. The van der Waals surface area contributed by atoms with Gasteiger partial charge in [0, 0.05) is 19.1 Å². The van der Waals surface area contributed by atoms with Crippen LogP contribution in [0.25, 0.3) is 0 Å². The number of hydrogen-bond donors (Lipinski definition) is 1. The summed E-state index contributed by atoms with van der Waals surface area (Å²) in [6, 6.07) is 9.22. The summed E-state index contributed by atoms with van der Waals surface area (Å²) in [5.74, 6) is 0.965. The maximum atomic E-state index is 5.66. The predicted molar refractivity (Wildman–Crippen MR) is 79.8 cm³/mol. The topological polar surface area (TPSA) is 24.5 Å². The van der Waals surface area contributed by atoms with Crippen molar-refractivity contribution in [2.24, 2.45) is 0 Å². The highest BCUT2D eigenvalue weighted by Gasteiger charge is 2.18. The summed E-state index contributed by atoms with van der Waals surface area (Å²) in [5.41, 5.74) is 1.38. The van der Waals surface area contributed by atoms with Crippen molar-refractivity contribution in [1.29, 1.82) is 0 Å². The molecule has 0 aliphatic carbocycles. The monoisotopic (exact) mass is 262 g/mol. The van der Waals surface area contributed by atoms with Crippen LogP contribution in [-0.4, -0.2) is 43.7 Å². The first-order chi connectivity index (χ1) is 9.15. The molecule has 0 saturated carbocycles. The van der Waals surface area contributed by atoms with E-state index < -0.39 is 0 Å². The lowest BCUT2D eigenvalue weighted by molar-refractivity contribution is 0.242. The molecule has 0 radical (unpaired) electrons. The van der Waals surface area contributed by atoms with Crippen LogP contribution in [0.3, 0.4) is 0 Å². The number of ether oxygens (including phenoxy) is 1. The van der Waals surface area contributed by atoms with Gasteiger partial charge in [0.15, 0.2) is 0 Å². The van der Waals surface area contributed by atoms with Crippen LogP contribution in [0, 0.1) is 0 Å². The average molecular weight is 262 g/mol. The third-order valence-corrected chi connectivity index (χ3v) is 3.71. The summed E-state index contributed by atoms with van der Waals surface area (Å²) in [4.78, 5) is 2.47. The molecule has 0 amide bonds. The van der Waals surface area contributed by atoms with Gasteiger partial charge in [-0.2, -0.15) is 0 Å². The van der Waals surface area contributed by atoms with E-state index >= 15 is 0 Å². The van der Waals surface area contributed by atoms with Gasteiger partial charge in [0.25, 0.3) is 0 Å². The predicted octanol–water partition coefficient (Wildman–Crippen LogP) is 2.31. The quantitative estimate of drug-likeness (QED) is 0.851. The van der Waals surface area contributed by atoms with Crippen molar-refractivity contribution >= 4 is 0 Å². The fraction of sp³-hybridized carbons (Fsp3) is 0.625. The Labute approximate surface area is 116 Å². The van der Waals surface area contributed by atoms with Crippen molar-refractivity contribution < 1.29 is 4.74 Å². The lowest BCUT2D eigenvalue weighted by Gasteiger charge is -2.23. The van der Waals surface area contributed by atoms with Crippen molar-refractivity contribution in [3.8, 4) is 5.75 Å². The minimum Gasteiger partial charge on any atom is -0.491 e. The van der Waals surface area contributed by atoms with E-state index in [1.165, 1.54) is 12.0 Å². The SMILES string of the molecule is CC(C)Oc1ccc(CCN(C)C2CCNC2)cc1. The van der Waals surface area contributed by atoms with E-state index in [-0.39, 0.29) is 6.10 Å². The molecular weight excluding hydrogens is 236 g/mol. The van der Waals surface area contributed by atoms with E-state index in [9.17, 15) is 0 Å². The van der Waals surface area contributed by atoms with Gasteiger partial charge in [-0.15, -0.1) is 0 Å². The van der Waals surface area contributed by atoms with Gasteiger partial charge in [-0.3, -0.25) is 0 Å². The van der Waals surface area contributed by atoms with Crippen LogP contribution in [-0.2, 0) is 6.42 Å². The molecule has 3 nitrogen and oxygen atoms in total. The summed E-state index contributed by atoms with van der Waals surface area (Å²) in [6.45, 7) is 7.53. The zero-order valence-electron chi connectivity index (χ0n) is 12.4. The molecule has 2 rings (SSSR count). The van der Waals surface area contributed by atoms with E-state index in [0.29, 0.717) is 6.04 Å². The second-order valence-electron chi connectivity index (χ2n) is 5.69. The average Bonchev–Trinajstić information content (AvgIpc) is 2.91. The summed E-state index contributed by atoms with van der Waals surface area (Å²) < 4.78 is 5.66. The fourth-order valence-electron chi connectivity index (χ4n) is 2.51. The minimum absolute atomic E-state index is 0.242. The number of rotatable bonds is 6. The molecule has 0 aromatic heterocycles. The normalized spacial score (nSPS) is 19.3. The van der Waals surface area contributed by atoms with Crippen molar-refractivity contribution in [3.63, 3.8) is 0 Å². The third kappa shape index (κ3) is 4.51. The maximum absolute atomic E-state index is 5.66. The van der Waals surface area contributed by atoms with E-state index in [0.717, 1.165) is 31.8 Å². The molecule has 19 heavy (non-hydrogen) atoms. The number of hydrogen-bond acceptors (Lipinski definition) is 3. The van der Waals surface area contributed by atoms with Gasteiger partial charge < -0.3 is 15.0 Å². The zero-order valence-corrected chi connectivity index (χ0v) is 12.4. The van der Waals surface area contributed by atoms with Crippen LogP contribution >= 0.6 is 0 Å². The number of nitrogens with zero attached hydrogens (tertiary/aromatic N) is 1. The van der Waals surface area contributed by atoms with Crippen LogP contribution in [0.5, 0.6) is 5.75 Å². The summed E-state index contributed by atoms with van der Waals surface area (Å²) in [5, 5.41) is 3.42. The summed E-state index contributed by atoms with van der Waals surface area (Å²) in [6.07, 6.45) is 2.62. The van der Waals surface area contributed by atoms with Crippen LogP contribution in [0.2, 0.25) is 0 Å². The number of benzene rings is 1. The summed E-state index contributed by atoms with van der Waals surface area (Å²) in [7, 11) is 2.23. The fourth-order valence-corrected chi connectivity index (χ4v) is 2.51. The first-order valence-electron chi connectivity index (χ1n) is 7.31. The highest BCUT2D eigenvalue weighted by Crippen LogP contribution is 2.15. The molecule has 3 heteroatoms. The Kier molecular flexibility index (Phi) is 5.23. The second kappa shape index (κ2) is 6.92. The van der Waals surface area contributed by atoms with Crippen molar-refractivity contribution in [3.05, 3.63) is 29.8 Å². The van der Waals surface area contributed by atoms with E-state index in [1.807, 2.05) is 0 Å². The Bertz CT molecular complexity index is 369. The van der Waals surface area contributed by atoms with Crippen LogP contribution in [0.4, 0.5) is 0 Å². The maximum Gasteiger partial charge on any atom is 0.119 e. The van der Waals surface area contributed by atoms with E-state index in [2.05, 4.69) is 55.4 Å². The van der Waals surface area contributed by atoms with Crippen molar-refractivity contribution in [2.45, 2.75) is 38.8 Å². The molecule has 106 valence electrons. The summed E-state index contributed by atoms with van der Waals surface area (Å²) >= 11 is 0. The smallest absolute Gasteiger partial charge is 0.119 e. The number of likely N-dealkylation sites (N-methyl/N-ethyl adjacent to an activating group) is 1. The molecule has 1 aromatic carbocycles. The van der Waals surface area contributed by atoms with Gasteiger partial charge in [0.1, 0.15) is 5.75 Å². The van der Waals surface area contributed by atoms with Gasteiger partial charge in [-0.25, -0.2) is 0 Å². The van der Waals surface area contributed by atoms with Gasteiger partial charge in [0.2, 0.25) is 0 Å². The number of nitrogens with one attached hydrogen (secondary N) is 1. The highest BCUT2D eigenvalue weighted by atomic mass is 16.5. The Morgan fingerprint density at radius 3 is 2.63 bits per heavy atom. The molecule has 1 atom stereocenters. The largest absolute Gasteiger partial charge is 0.491 e. The zero-order chi connectivity index (χ0) is 13.7. The lowest BCUT2D eigenvalue weighted by atomic mass is 10.1. The van der Waals surface area contributed by atoms with Gasteiger partial charge in [-0.05, 0) is 58.0 Å². The standard InChI is InChI=1S/C16H26N2O/c1-13(2)19-16-6-4-14(5-7-16)9-11-18(3)15-8-10-17-12-15/h4-7,13,15,17H,8-12H2,1-3H3. The third-order valence-electron chi connectivity index (χ3n) is 3.71. The van der Waals surface area contributed by atoms with Crippen molar-refractivity contribution in [2.75, 3.05) is 26.7 Å². The Balaban J connectivity index is 1.79. The van der Waals surface area contributed by atoms with Crippen molar-refractivity contribution in [1.82, 2.24) is 10.2 Å². The Hall–Kier alpha value is -1.06. The molecule has 1 unspecified atom stereocenters. The van der Waals surface area contributed by atoms with E-state index in [4.69, 9.17) is 4.74 Å². The highest BCUT2D eigenvalue weighted by molar-refractivity contribution is 5.27. The first kappa shape index (κ1) is 14.4. The molecule has 1 aromatic rings. The molecule has 1 fully saturated rings. The molecule has 0 bridgehead atoms. The molecule has 0 spiro atoms. The Morgan fingerprint density at radius 2 is 2.05 bits per heavy atom. The van der Waals surface area contributed by atoms with E-state index in [1.54, 1.807) is 0 Å². The molecule has 1 heterocycles. The molecule has 1 N–H and O–H groups in total. The second-order valence-corrected chi connectivity index (χ2v) is 5.69. The molecule has 1 aliphatic rings. The van der Waals surface area contributed by atoms with Crippen LogP contribution in [0.15, 0.2) is 24.3 Å². The molecule has 1 saturated heterocycles. The van der Waals surface area contributed by atoms with Crippen LogP contribution < -0.4 is 10.1 Å². The van der Waals surface area contributed by atoms with Gasteiger partial charge in [-0.1, -0.05) is 12.1 Å². The van der Waals surface area contributed by atoms with Crippen LogP contribution in [0.1, 0.15) is 25.8 Å². The first-order valence-corrected chi connectivity index (χ1v) is 7.31. The lowest BCUT2D eigenvalue weighted by Crippen LogP contribution is -2.34.